The summed E-state index contributed by atoms with van der Waals surface area (Å²) in [5, 5.41) is 0.550. The fourth-order valence-corrected chi connectivity index (χ4v) is 4.20. The van der Waals surface area contributed by atoms with Crippen LogP contribution >= 0.6 is 11.6 Å². The van der Waals surface area contributed by atoms with Crippen molar-refractivity contribution in [3.8, 4) is 0 Å². The van der Waals surface area contributed by atoms with E-state index in [1.165, 1.54) is 4.90 Å². The van der Waals surface area contributed by atoms with Crippen molar-refractivity contribution < 1.29 is 14.3 Å². The minimum absolute atomic E-state index is 0.205. The van der Waals surface area contributed by atoms with Crippen LogP contribution in [0.3, 0.4) is 0 Å². The average molecular weight is 374 g/mol. The van der Waals surface area contributed by atoms with Crippen molar-refractivity contribution in [1.82, 2.24) is 14.5 Å². The third kappa shape index (κ3) is 2.60. The molecule has 6 nitrogen and oxygen atoms in total. The second-order valence-electron chi connectivity index (χ2n) is 6.73. The second kappa shape index (κ2) is 6.43. The van der Waals surface area contributed by atoms with Crippen molar-refractivity contribution in [3.05, 3.63) is 51.6 Å². The van der Waals surface area contributed by atoms with E-state index in [-0.39, 0.29) is 19.1 Å². The van der Waals surface area contributed by atoms with Crippen LogP contribution in [0.1, 0.15) is 52.3 Å². The van der Waals surface area contributed by atoms with Gasteiger partial charge in [0.1, 0.15) is 0 Å². The average Bonchev–Trinajstić information content (AvgIpc) is 3.26. The molecule has 1 aromatic heterocycles. The van der Waals surface area contributed by atoms with Gasteiger partial charge in [0.2, 0.25) is 0 Å². The Balaban J connectivity index is 1.77. The van der Waals surface area contributed by atoms with Crippen molar-refractivity contribution in [3.63, 3.8) is 0 Å². The first-order chi connectivity index (χ1) is 12.5. The van der Waals surface area contributed by atoms with Crippen molar-refractivity contribution in [1.29, 1.82) is 0 Å². The Hall–Kier alpha value is -2.34. The Morgan fingerprint density at radius 1 is 1.42 bits per heavy atom. The summed E-state index contributed by atoms with van der Waals surface area (Å²) in [7, 11) is 0. The molecule has 0 N–H and O–H groups in total. The van der Waals surface area contributed by atoms with Gasteiger partial charge in [-0.1, -0.05) is 11.6 Å². The highest BCUT2D eigenvalue weighted by molar-refractivity contribution is 6.32. The summed E-state index contributed by atoms with van der Waals surface area (Å²) in [6, 6.07) is 2.81. The lowest BCUT2D eigenvalue weighted by atomic mass is 10.1. The number of amides is 1. The molecule has 1 aromatic carbocycles. The lowest BCUT2D eigenvalue weighted by Crippen LogP contribution is -2.36. The molecule has 26 heavy (non-hydrogen) atoms. The highest BCUT2D eigenvalue weighted by atomic mass is 35.5. The normalized spacial score (nSPS) is 16.6. The quantitative estimate of drug-likeness (QED) is 0.773. The summed E-state index contributed by atoms with van der Waals surface area (Å²) in [6.07, 6.45) is 3.61. The topological polar surface area (TPSA) is 64.4 Å². The Labute approximate surface area is 156 Å². The number of carbonyl (C=O) groups excluding carboxylic acids is 2. The molecule has 0 spiro atoms. The Morgan fingerprint density at radius 2 is 2.23 bits per heavy atom. The number of aromatic nitrogens is 2. The Bertz CT molecular complexity index is 906. The smallest absolute Gasteiger partial charge is 0.335 e. The van der Waals surface area contributed by atoms with Gasteiger partial charge in [-0.3, -0.25) is 4.79 Å². The molecule has 0 bridgehead atoms. The van der Waals surface area contributed by atoms with Gasteiger partial charge >= 0.3 is 5.97 Å². The summed E-state index contributed by atoms with van der Waals surface area (Å²) in [5.41, 5.74) is 3.86. The highest BCUT2D eigenvalue weighted by Gasteiger charge is 2.42. The van der Waals surface area contributed by atoms with Crippen molar-refractivity contribution in [2.24, 2.45) is 0 Å². The van der Waals surface area contributed by atoms with Gasteiger partial charge in [0.15, 0.2) is 6.04 Å². The molecular weight excluding hydrogens is 354 g/mol. The van der Waals surface area contributed by atoms with E-state index in [1.807, 2.05) is 23.6 Å². The number of fused-ring (bicyclic) bond motifs is 2. The molecule has 1 atom stereocenters. The van der Waals surface area contributed by atoms with Crippen molar-refractivity contribution in [2.45, 2.75) is 45.8 Å². The van der Waals surface area contributed by atoms with E-state index < -0.39 is 12.0 Å². The molecule has 3 heterocycles. The van der Waals surface area contributed by atoms with Gasteiger partial charge < -0.3 is 14.2 Å². The molecule has 2 aliphatic heterocycles. The molecule has 0 saturated heterocycles. The lowest BCUT2D eigenvalue weighted by Gasteiger charge is -2.25. The number of benzene rings is 1. The number of halogens is 1. The fourth-order valence-electron chi connectivity index (χ4n) is 3.87. The summed E-state index contributed by atoms with van der Waals surface area (Å²) in [6.45, 7) is 5.07. The molecule has 1 amide bonds. The zero-order chi connectivity index (χ0) is 18.4. The van der Waals surface area contributed by atoms with Crippen LogP contribution < -0.4 is 0 Å². The van der Waals surface area contributed by atoms with Gasteiger partial charge in [0, 0.05) is 34.9 Å². The van der Waals surface area contributed by atoms with Gasteiger partial charge in [-0.05, 0) is 44.4 Å². The first kappa shape index (κ1) is 17.1. The van der Waals surface area contributed by atoms with Crippen molar-refractivity contribution >= 4 is 23.5 Å². The van der Waals surface area contributed by atoms with E-state index in [2.05, 4.69) is 4.98 Å². The number of esters is 1. The summed E-state index contributed by atoms with van der Waals surface area (Å²) < 4.78 is 7.33. The number of rotatable bonds is 4. The van der Waals surface area contributed by atoms with Crippen LogP contribution in [-0.2, 0) is 29.0 Å². The Kier molecular flexibility index (Phi) is 4.23. The number of nitrogens with zero attached hydrogens (tertiary/aromatic N) is 3. The van der Waals surface area contributed by atoms with Crippen molar-refractivity contribution in [2.75, 3.05) is 6.61 Å². The zero-order valence-corrected chi connectivity index (χ0v) is 15.5. The van der Waals surface area contributed by atoms with Crippen LogP contribution in [0.15, 0.2) is 18.5 Å². The number of ether oxygens (including phenoxy) is 1. The standard InChI is InChI=1S/C19H20ClN3O3/c1-3-26-19(25)17(16-15-5-4-6-22(15)10-21-16)23-9-13-12(18(23)24)7-11(2)8-14(13)20/h7-8,10,17H,3-6,9H2,1-2H3. The van der Waals surface area contributed by atoms with Crippen LogP contribution in [0.2, 0.25) is 5.02 Å². The van der Waals surface area contributed by atoms with Crippen LogP contribution in [0, 0.1) is 6.92 Å². The maximum Gasteiger partial charge on any atom is 0.335 e. The highest BCUT2D eigenvalue weighted by Crippen LogP contribution is 2.37. The molecule has 4 rings (SSSR count). The van der Waals surface area contributed by atoms with Crippen LogP contribution in [0.4, 0.5) is 0 Å². The van der Waals surface area contributed by atoms with E-state index in [0.717, 1.165) is 36.2 Å². The van der Waals surface area contributed by atoms with E-state index in [1.54, 1.807) is 13.3 Å². The molecule has 2 aliphatic rings. The van der Waals surface area contributed by atoms with Gasteiger partial charge in [-0.15, -0.1) is 0 Å². The molecule has 136 valence electrons. The lowest BCUT2D eigenvalue weighted by molar-refractivity contribution is -0.149. The number of hydrogen-bond acceptors (Lipinski definition) is 4. The minimum atomic E-state index is -0.847. The van der Waals surface area contributed by atoms with Gasteiger partial charge in [0.25, 0.3) is 5.91 Å². The SMILES string of the molecule is CCOC(=O)C(c1ncn2c1CCC2)N1Cc2c(Cl)cc(C)cc2C1=O. The van der Waals surface area contributed by atoms with Gasteiger partial charge in [-0.25, -0.2) is 9.78 Å². The number of aryl methyl sites for hydroxylation is 2. The van der Waals surface area contributed by atoms with Gasteiger partial charge in [0.05, 0.1) is 18.6 Å². The fraction of sp³-hybridized carbons (Fsp3) is 0.421. The van der Waals surface area contributed by atoms with Crippen LogP contribution in [0.5, 0.6) is 0 Å². The molecule has 7 heteroatoms. The third-order valence-corrected chi connectivity index (χ3v) is 5.37. The molecule has 0 aliphatic carbocycles. The Morgan fingerprint density at radius 3 is 3.00 bits per heavy atom. The van der Waals surface area contributed by atoms with E-state index >= 15 is 0 Å². The summed E-state index contributed by atoms with van der Waals surface area (Å²) >= 11 is 6.35. The molecule has 0 saturated carbocycles. The summed E-state index contributed by atoms with van der Waals surface area (Å²) in [4.78, 5) is 31.8. The third-order valence-electron chi connectivity index (χ3n) is 5.03. The molecule has 2 aromatic rings. The van der Waals surface area contributed by atoms with Gasteiger partial charge in [-0.2, -0.15) is 0 Å². The van der Waals surface area contributed by atoms with E-state index in [9.17, 15) is 9.59 Å². The molecule has 0 radical (unpaired) electrons. The first-order valence-electron chi connectivity index (χ1n) is 8.81. The van der Waals surface area contributed by atoms with E-state index in [0.29, 0.717) is 16.3 Å². The number of carbonyl (C=O) groups is 2. The number of hydrogen-bond donors (Lipinski definition) is 0. The monoisotopic (exact) mass is 373 g/mol. The maximum absolute atomic E-state index is 13.1. The predicted molar refractivity (Wildman–Crippen MR) is 96.0 cm³/mol. The summed E-state index contributed by atoms with van der Waals surface area (Å²) in [5.74, 6) is -0.654. The molecule has 0 fully saturated rings. The minimum Gasteiger partial charge on any atom is -0.464 e. The molecule has 1 unspecified atom stereocenters. The second-order valence-corrected chi connectivity index (χ2v) is 7.14. The number of imidazole rings is 1. The van der Waals surface area contributed by atoms with Crippen LogP contribution in [0.25, 0.3) is 0 Å². The zero-order valence-electron chi connectivity index (χ0n) is 14.8. The predicted octanol–water partition coefficient (Wildman–Crippen LogP) is 3.05. The molecular formula is C19H20ClN3O3. The first-order valence-corrected chi connectivity index (χ1v) is 9.19. The van der Waals surface area contributed by atoms with E-state index in [4.69, 9.17) is 16.3 Å². The maximum atomic E-state index is 13.1. The van der Waals surface area contributed by atoms with Crippen LogP contribution in [-0.4, -0.2) is 32.9 Å². The largest absolute Gasteiger partial charge is 0.464 e.